The van der Waals surface area contributed by atoms with Crippen LogP contribution in [0.1, 0.15) is 95.5 Å². The second-order valence-electron chi connectivity index (χ2n) is 10.7. The molecule has 0 amide bonds. The molecule has 33 heavy (non-hydrogen) atoms. The molecule has 0 heterocycles. The number of rotatable bonds is 11. The van der Waals surface area contributed by atoms with Gasteiger partial charge in [0.15, 0.2) is 0 Å². The van der Waals surface area contributed by atoms with Gasteiger partial charge in [-0.05, 0) is 84.6 Å². The Labute approximate surface area is 202 Å². The Kier molecular flexibility index (Phi) is 9.09. The summed E-state index contributed by atoms with van der Waals surface area (Å²) < 4.78 is 5.61. The molecule has 0 saturated heterocycles. The van der Waals surface area contributed by atoms with Crippen LogP contribution < -0.4 is 4.74 Å². The zero-order valence-electron chi connectivity index (χ0n) is 20.8. The lowest BCUT2D eigenvalue weighted by atomic mass is 9.63. The van der Waals surface area contributed by atoms with Crippen molar-refractivity contribution < 1.29 is 4.74 Å². The third-order valence-corrected chi connectivity index (χ3v) is 8.38. The zero-order valence-corrected chi connectivity index (χ0v) is 20.8. The molecule has 0 aliphatic heterocycles. The fraction of sp³-hybridized carbons (Fsp3) is 0.562. The van der Waals surface area contributed by atoms with Gasteiger partial charge in [0.25, 0.3) is 0 Å². The molecule has 2 aliphatic carbocycles. The molecule has 2 aliphatic rings. The van der Waals surface area contributed by atoms with E-state index in [9.17, 15) is 0 Å². The van der Waals surface area contributed by atoms with Crippen LogP contribution in [-0.4, -0.2) is 6.61 Å². The molecule has 1 heteroatoms. The average molecular weight is 445 g/mol. The summed E-state index contributed by atoms with van der Waals surface area (Å²) in [7, 11) is 0. The fourth-order valence-electron chi connectivity index (χ4n) is 6.43. The molecule has 0 radical (unpaired) electrons. The van der Waals surface area contributed by atoms with Crippen molar-refractivity contribution in [3.8, 4) is 16.9 Å². The molecule has 2 fully saturated rings. The predicted octanol–water partition coefficient (Wildman–Crippen LogP) is 9.58. The molecule has 4 atom stereocenters. The number of hydrogen-bond donors (Lipinski definition) is 0. The summed E-state index contributed by atoms with van der Waals surface area (Å²) in [4.78, 5) is 0. The summed E-state index contributed by atoms with van der Waals surface area (Å²) in [5.41, 5.74) is 4.10. The molecule has 0 bridgehead atoms. The normalized spacial score (nSPS) is 24.8. The average Bonchev–Trinajstić information content (AvgIpc) is 2.87. The Bertz CT molecular complexity index is 834. The van der Waals surface area contributed by atoms with Gasteiger partial charge in [-0.1, -0.05) is 101 Å². The van der Waals surface area contributed by atoms with Crippen molar-refractivity contribution in [3.05, 3.63) is 66.7 Å². The van der Waals surface area contributed by atoms with Crippen molar-refractivity contribution in [2.24, 2.45) is 17.8 Å². The maximum Gasteiger partial charge on any atom is 0.119 e. The molecule has 0 spiro atoms. The first-order chi connectivity index (χ1) is 16.3. The Balaban J connectivity index is 1.26. The topological polar surface area (TPSA) is 9.23 Å². The highest BCUT2D eigenvalue weighted by atomic mass is 16.5. The van der Waals surface area contributed by atoms with Crippen LogP contribution in [0.2, 0.25) is 0 Å². The van der Waals surface area contributed by atoms with E-state index in [0.717, 1.165) is 29.4 Å². The molecular formula is C32H44O. The van der Waals surface area contributed by atoms with Crippen molar-refractivity contribution in [2.75, 3.05) is 6.61 Å². The molecule has 4 unspecified atom stereocenters. The van der Waals surface area contributed by atoms with Gasteiger partial charge in [0.05, 0.1) is 0 Å². The molecule has 1 nitrogen and oxygen atoms in total. The van der Waals surface area contributed by atoms with Gasteiger partial charge in [-0.15, -0.1) is 0 Å². The van der Waals surface area contributed by atoms with Crippen LogP contribution in [0.15, 0.2) is 61.2 Å². The minimum absolute atomic E-state index is 0.553. The van der Waals surface area contributed by atoms with Gasteiger partial charge in [0.1, 0.15) is 12.4 Å². The molecule has 2 aromatic carbocycles. The van der Waals surface area contributed by atoms with Gasteiger partial charge >= 0.3 is 0 Å². The lowest BCUT2D eigenvalue weighted by molar-refractivity contribution is 0.113. The highest BCUT2D eigenvalue weighted by Gasteiger charge is 2.35. The van der Waals surface area contributed by atoms with Gasteiger partial charge in [-0.25, -0.2) is 0 Å². The third-order valence-electron chi connectivity index (χ3n) is 8.38. The summed E-state index contributed by atoms with van der Waals surface area (Å²) in [5.74, 6) is 4.68. The van der Waals surface area contributed by atoms with Gasteiger partial charge in [0.2, 0.25) is 0 Å². The van der Waals surface area contributed by atoms with Crippen molar-refractivity contribution in [2.45, 2.75) is 89.9 Å². The van der Waals surface area contributed by atoms with E-state index in [1.807, 2.05) is 0 Å². The summed E-state index contributed by atoms with van der Waals surface area (Å²) >= 11 is 0. The summed E-state index contributed by atoms with van der Waals surface area (Å²) in [5, 5.41) is 0. The van der Waals surface area contributed by atoms with Crippen molar-refractivity contribution in [3.63, 3.8) is 0 Å². The predicted molar refractivity (Wildman–Crippen MR) is 142 cm³/mol. The highest BCUT2D eigenvalue weighted by molar-refractivity contribution is 5.64. The second-order valence-corrected chi connectivity index (χ2v) is 10.7. The largest absolute Gasteiger partial charge is 0.490 e. The quantitative estimate of drug-likeness (QED) is 0.247. The molecule has 0 N–H and O–H groups in total. The molecule has 2 saturated carbocycles. The molecular weight excluding hydrogens is 400 g/mol. The monoisotopic (exact) mass is 444 g/mol. The zero-order chi connectivity index (χ0) is 22.9. The SMILES string of the molecule is C=CCOc1ccc(-c2ccc(C3CCC4CC(CCCCCCC)CCC4C3)cc2)cc1. The highest BCUT2D eigenvalue weighted by Crippen LogP contribution is 2.48. The Hall–Kier alpha value is -2.02. The van der Waals surface area contributed by atoms with E-state index >= 15 is 0 Å². The summed E-state index contributed by atoms with van der Waals surface area (Å²) in [6.45, 7) is 6.57. The fourth-order valence-corrected chi connectivity index (χ4v) is 6.43. The van der Waals surface area contributed by atoms with Gasteiger partial charge < -0.3 is 4.74 Å². The number of ether oxygens (including phenoxy) is 1. The molecule has 4 rings (SSSR count). The Morgan fingerprint density at radius 3 is 2.18 bits per heavy atom. The summed E-state index contributed by atoms with van der Waals surface area (Å²) in [6, 6.07) is 17.8. The van der Waals surface area contributed by atoms with Crippen LogP contribution in [-0.2, 0) is 0 Å². The van der Waals surface area contributed by atoms with E-state index in [1.54, 1.807) is 11.6 Å². The Morgan fingerprint density at radius 2 is 1.45 bits per heavy atom. The van der Waals surface area contributed by atoms with Crippen molar-refractivity contribution in [1.29, 1.82) is 0 Å². The minimum Gasteiger partial charge on any atom is -0.490 e. The van der Waals surface area contributed by atoms with Gasteiger partial charge in [-0.3, -0.25) is 0 Å². The number of fused-ring (bicyclic) bond motifs is 1. The van der Waals surface area contributed by atoms with E-state index in [-0.39, 0.29) is 0 Å². The third kappa shape index (κ3) is 6.75. The van der Waals surface area contributed by atoms with E-state index in [1.165, 1.54) is 88.2 Å². The van der Waals surface area contributed by atoms with Crippen LogP contribution in [0, 0.1) is 17.8 Å². The second kappa shape index (κ2) is 12.4. The Morgan fingerprint density at radius 1 is 0.788 bits per heavy atom. The smallest absolute Gasteiger partial charge is 0.119 e. The van der Waals surface area contributed by atoms with Crippen LogP contribution in [0.25, 0.3) is 11.1 Å². The van der Waals surface area contributed by atoms with E-state index in [0.29, 0.717) is 6.61 Å². The lowest BCUT2D eigenvalue weighted by Gasteiger charge is -2.42. The van der Waals surface area contributed by atoms with E-state index in [4.69, 9.17) is 4.74 Å². The first kappa shape index (κ1) is 24.1. The van der Waals surface area contributed by atoms with Gasteiger partial charge in [0, 0.05) is 0 Å². The van der Waals surface area contributed by atoms with E-state index < -0.39 is 0 Å². The first-order valence-electron chi connectivity index (χ1n) is 13.7. The maximum atomic E-state index is 5.61. The van der Waals surface area contributed by atoms with E-state index in [2.05, 4.69) is 62.0 Å². The number of benzene rings is 2. The molecule has 178 valence electrons. The molecule has 0 aromatic heterocycles. The van der Waals surface area contributed by atoms with Crippen LogP contribution in [0.5, 0.6) is 5.75 Å². The number of hydrogen-bond acceptors (Lipinski definition) is 1. The van der Waals surface area contributed by atoms with Crippen molar-refractivity contribution in [1.82, 2.24) is 0 Å². The summed E-state index contributed by atoms with van der Waals surface area (Å²) in [6.07, 6.45) is 19.2. The lowest BCUT2D eigenvalue weighted by Crippen LogP contribution is -2.30. The standard InChI is InChI=1S/C32H44O/c1-3-5-6-7-8-9-25-10-11-31-24-30(17-16-29(31)23-25)28-14-12-26(13-15-28)27-18-20-32(21-19-27)33-22-4-2/h4,12-15,18-21,25,29-31H,2-3,5-11,16-17,22-24H2,1H3. The van der Waals surface area contributed by atoms with Crippen molar-refractivity contribution >= 4 is 0 Å². The van der Waals surface area contributed by atoms with Crippen LogP contribution in [0.3, 0.4) is 0 Å². The van der Waals surface area contributed by atoms with Crippen LogP contribution >= 0.6 is 0 Å². The number of unbranched alkanes of at least 4 members (excludes halogenated alkanes) is 4. The maximum absolute atomic E-state index is 5.61. The molecule has 2 aromatic rings. The van der Waals surface area contributed by atoms with Crippen LogP contribution in [0.4, 0.5) is 0 Å². The first-order valence-corrected chi connectivity index (χ1v) is 13.7. The van der Waals surface area contributed by atoms with Gasteiger partial charge in [-0.2, -0.15) is 0 Å². The minimum atomic E-state index is 0.553.